The Labute approximate surface area is 105 Å². The molecule has 5 heteroatoms. The molecule has 0 saturated heterocycles. The monoisotopic (exact) mass is 246 g/mol. The van der Waals surface area contributed by atoms with Crippen molar-refractivity contribution < 1.29 is 4.39 Å². The number of hydrogen-bond donors (Lipinski definition) is 2. The Bertz CT molecular complexity index is 542. The molecule has 0 radical (unpaired) electrons. The summed E-state index contributed by atoms with van der Waals surface area (Å²) in [6.45, 7) is 2.35. The van der Waals surface area contributed by atoms with Gasteiger partial charge in [0, 0.05) is 19.7 Å². The molecule has 2 N–H and O–H groups in total. The Morgan fingerprint density at radius 2 is 1.94 bits per heavy atom. The third-order valence-corrected chi connectivity index (χ3v) is 2.62. The molecule has 0 aliphatic carbocycles. The molecule has 94 valence electrons. The molecule has 0 atom stereocenters. The van der Waals surface area contributed by atoms with Gasteiger partial charge >= 0.3 is 0 Å². The van der Waals surface area contributed by atoms with Crippen molar-refractivity contribution in [2.24, 2.45) is 0 Å². The van der Waals surface area contributed by atoms with E-state index in [1.54, 1.807) is 20.0 Å². The first-order chi connectivity index (χ1) is 8.69. The maximum atomic E-state index is 13.1. The van der Waals surface area contributed by atoms with Crippen LogP contribution in [-0.2, 0) is 6.54 Å². The first kappa shape index (κ1) is 12.3. The highest BCUT2D eigenvalue weighted by molar-refractivity contribution is 5.46. The second-order valence-corrected chi connectivity index (χ2v) is 3.98. The van der Waals surface area contributed by atoms with Crippen LogP contribution in [0.2, 0.25) is 0 Å². The number of nitrogens with zero attached hydrogens (tertiary/aromatic N) is 2. The zero-order valence-corrected chi connectivity index (χ0v) is 10.4. The Hall–Kier alpha value is -2.17. The van der Waals surface area contributed by atoms with Gasteiger partial charge < -0.3 is 10.6 Å². The number of rotatable bonds is 4. The van der Waals surface area contributed by atoms with Crippen LogP contribution in [0, 0.1) is 12.7 Å². The van der Waals surface area contributed by atoms with E-state index in [0.29, 0.717) is 12.1 Å². The van der Waals surface area contributed by atoms with Crippen LogP contribution < -0.4 is 10.6 Å². The average molecular weight is 246 g/mol. The van der Waals surface area contributed by atoms with Gasteiger partial charge in [0.15, 0.2) is 0 Å². The highest BCUT2D eigenvalue weighted by Crippen LogP contribution is 2.12. The summed E-state index contributed by atoms with van der Waals surface area (Å²) in [6.07, 6.45) is 1.49. The molecule has 0 aliphatic rings. The van der Waals surface area contributed by atoms with Gasteiger partial charge in [-0.3, -0.25) is 0 Å². The lowest BCUT2D eigenvalue weighted by Gasteiger charge is -2.07. The standard InChI is InChI=1S/C13H15FN4/c1-9-5-10(3-4-11(9)14)7-16-13-6-12(15-2)17-8-18-13/h3-6,8H,7H2,1-2H3,(H2,15,16,17,18). The van der Waals surface area contributed by atoms with Crippen LogP contribution in [0.1, 0.15) is 11.1 Å². The molecule has 0 spiro atoms. The molecule has 0 fully saturated rings. The van der Waals surface area contributed by atoms with Crippen LogP contribution >= 0.6 is 0 Å². The Kier molecular flexibility index (Phi) is 3.72. The van der Waals surface area contributed by atoms with Gasteiger partial charge in [-0.05, 0) is 24.1 Å². The summed E-state index contributed by atoms with van der Waals surface area (Å²) < 4.78 is 13.1. The molecular weight excluding hydrogens is 231 g/mol. The van der Waals surface area contributed by atoms with Crippen LogP contribution in [0.5, 0.6) is 0 Å². The SMILES string of the molecule is CNc1cc(NCc2ccc(F)c(C)c2)ncn1. The van der Waals surface area contributed by atoms with Crippen molar-refractivity contribution in [3.8, 4) is 0 Å². The Balaban J connectivity index is 2.04. The number of nitrogens with one attached hydrogen (secondary N) is 2. The van der Waals surface area contributed by atoms with Gasteiger partial charge in [0.25, 0.3) is 0 Å². The maximum absolute atomic E-state index is 13.1. The molecule has 4 nitrogen and oxygen atoms in total. The summed E-state index contributed by atoms with van der Waals surface area (Å²) in [5.74, 6) is 1.30. The van der Waals surface area contributed by atoms with Gasteiger partial charge in [0.2, 0.25) is 0 Å². The average Bonchev–Trinajstić information content (AvgIpc) is 2.40. The quantitative estimate of drug-likeness (QED) is 0.870. The van der Waals surface area contributed by atoms with Crippen molar-refractivity contribution in [2.45, 2.75) is 13.5 Å². The predicted octanol–water partition coefficient (Wildman–Crippen LogP) is 2.58. The second-order valence-electron chi connectivity index (χ2n) is 3.98. The highest BCUT2D eigenvalue weighted by atomic mass is 19.1. The number of benzene rings is 1. The largest absolute Gasteiger partial charge is 0.373 e. The van der Waals surface area contributed by atoms with E-state index in [2.05, 4.69) is 20.6 Å². The maximum Gasteiger partial charge on any atom is 0.131 e. The molecule has 0 bridgehead atoms. The molecule has 18 heavy (non-hydrogen) atoms. The molecule has 1 heterocycles. The van der Waals surface area contributed by atoms with Gasteiger partial charge in [-0.15, -0.1) is 0 Å². The van der Waals surface area contributed by atoms with E-state index in [0.717, 1.165) is 17.2 Å². The van der Waals surface area contributed by atoms with E-state index >= 15 is 0 Å². The summed E-state index contributed by atoms with van der Waals surface area (Å²) in [5.41, 5.74) is 1.66. The van der Waals surface area contributed by atoms with Crippen LogP contribution in [0.25, 0.3) is 0 Å². The van der Waals surface area contributed by atoms with Crippen molar-refractivity contribution in [2.75, 3.05) is 17.7 Å². The summed E-state index contributed by atoms with van der Waals surface area (Å²) in [6, 6.07) is 6.87. The molecule has 0 unspecified atom stereocenters. The predicted molar refractivity (Wildman–Crippen MR) is 70.0 cm³/mol. The number of aromatic nitrogens is 2. The van der Waals surface area contributed by atoms with Gasteiger partial charge in [-0.25, -0.2) is 14.4 Å². The zero-order valence-electron chi connectivity index (χ0n) is 10.4. The molecule has 0 amide bonds. The fourth-order valence-corrected chi connectivity index (χ4v) is 1.60. The number of hydrogen-bond acceptors (Lipinski definition) is 4. The fourth-order valence-electron chi connectivity index (χ4n) is 1.60. The normalized spacial score (nSPS) is 10.2. The number of aryl methyl sites for hydroxylation is 1. The lowest BCUT2D eigenvalue weighted by atomic mass is 10.1. The van der Waals surface area contributed by atoms with Crippen molar-refractivity contribution in [3.63, 3.8) is 0 Å². The van der Waals surface area contributed by atoms with Gasteiger partial charge in [-0.2, -0.15) is 0 Å². The van der Waals surface area contributed by atoms with Crippen LogP contribution in [0.15, 0.2) is 30.6 Å². The molecular formula is C13H15FN4. The lowest BCUT2D eigenvalue weighted by molar-refractivity contribution is 0.617. The van der Waals surface area contributed by atoms with Crippen LogP contribution in [0.4, 0.5) is 16.0 Å². The lowest BCUT2D eigenvalue weighted by Crippen LogP contribution is -2.03. The third kappa shape index (κ3) is 2.94. The zero-order chi connectivity index (χ0) is 13.0. The highest BCUT2D eigenvalue weighted by Gasteiger charge is 2.00. The van der Waals surface area contributed by atoms with Crippen molar-refractivity contribution in [1.82, 2.24) is 9.97 Å². The molecule has 0 aliphatic heterocycles. The summed E-state index contributed by atoms with van der Waals surface area (Å²) in [4.78, 5) is 8.13. The number of anilines is 2. The minimum Gasteiger partial charge on any atom is -0.373 e. The van der Waals surface area contributed by atoms with Crippen molar-refractivity contribution in [1.29, 1.82) is 0 Å². The molecule has 1 aromatic heterocycles. The topological polar surface area (TPSA) is 49.8 Å². The van der Waals surface area contributed by atoms with Gasteiger partial charge in [-0.1, -0.05) is 12.1 Å². The summed E-state index contributed by atoms with van der Waals surface area (Å²) >= 11 is 0. The van der Waals surface area contributed by atoms with Gasteiger partial charge in [0.1, 0.15) is 23.8 Å². The van der Waals surface area contributed by atoms with Crippen molar-refractivity contribution in [3.05, 3.63) is 47.5 Å². The first-order valence-corrected chi connectivity index (χ1v) is 5.68. The van der Waals surface area contributed by atoms with E-state index in [-0.39, 0.29) is 5.82 Å². The van der Waals surface area contributed by atoms with Gasteiger partial charge in [0.05, 0.1) is 0 Å². The molecule has 1 aromatic carbocycles. The van der Waals surface area contributed by atoms with E-state index < -0.39 is 0 Å². The van der Waals surface area contributed by atoms with E-state index in [9.17, 15) is 4.39 Å². The second kappa shape index (κ2) is 5.44. The number of halogens is 1. The smallest absolute Gasteiger partial charge is 0.131 e. The fraction of sp³-hybridized carbons (Fsp3) is 0.231. The molecule has 2 aromatic rings. The van der Waals surface area contributed by atoms with Crippen molar-refractivity contribution >= 4 is 11.6 Å². The van der Waals surface area contributed by atoms with E-state index in [4.69, 9.17) is 0 Å². The molecule has 0 saturated carbocycles. The summed E-state index contributed by atoms with van der Waals surface area (Å²) in [7, 11) is 1.80. The molecule has 2 rings (SSSR count). The summed E-state index contributed by atoms with van der Waals surface area (Å²) in [5, 5.41) is 6.11. The Morgan fingerprint density at radius 1 is 1.17 bits per heavy atom. The van der Waals surface area contributed by atoms with E-state index in [1.807, 2.05) is 12.1 Å². The minimum atomic E-state index is -0.182. The Morgan fingerprint density at radius 3 is 2.67 bits per heavy atom. The van der Waals surface area contributed by atoms with Crippen LogP contribution in [0.3, 0.4) is 0 Å². The third-order valence-electron chi connectivity index (χ3n) is 2.62. The minimum absolute atomic E-state index is 0.182. The van der Waals surface area contributed by atoms with E-state index in [1.165, 1.54) is 12.4 Å². The first-order valence-electron chi connectivity index (χ1n) is 5.68. The van der Waals surface area contributed by atoms with Crippen LogP contribution in [-0.4, -0.2) is 17.0 Å².